The standard InChI is InChI=1S/C26H18Cl4O7/c27-17-7-1-14(2-8-17)24(31)34-13-20-21(36-25(32)15-3-9-18(28)10-4-15)22(23(30)35-20)37-26(33)16-5-11-19(29)12-6-16/h1-12,20-23H,13H2/t20-,21-,22-,23+/m1/s1. The number of alkyl halides is 1. The number of hydrogen-bond donors (Lipinski definition) is 0. The third kappa shape index (κ3) is 6.94. The molecule has 1 aliphatic rings. The lowest BCUT2D eigenvalue weighted by atomic mass is 10.1. The van der Waals surface area contributed by atoms with Crippen molar-refractivity contribution >= 4 is 64.3 Å². The Kier molecular flexibility index (Phi) is 8.95. The van der Waals surface area contributed by atoms with Crippen LogP contribution < -0.4 is 0 Å². The number of esters is 3. The fourth-order valence-corrected chi connectivity index (χ4v) is 4.17. The first-order chi connectivity index (χ1) is 17.7. The van der Waals surface area contributed by atoms with Crippen LogP contribution in [0.1, 0.15) is 31.1 Å². The number of halogens is 4. The van der Waals surface area contributed by atoms with E-state index in [2.05, 4.69) is 0 Å². The van der Waals surface area contributed by atoms with Crippen molar-refractivity contribution in [3.63, 3.8) is 0 Å². The molecule has 0 aromatic heterocycles. The van der Waals surface area contributed by atoms with Crippen LogP contribution >= 0.6 is 46.4 Å². The Morgan fingerprint density at radius 1 is 0.622 bits per heavy atom. The number of hydrogen-bond acceptors (Lipinski definition) is 7. The first-order valence-corrected chi connectivity index (χ1v) is 12.4. The van der Waals surface area contributed by atoms with Gasteiger partial charge in [0.2, 0.25) is 0 Å². The maximum absolute atomic E-state index is 12.9. The summed E-state index contributed by atoms with van der Waals surface area (Å²) in [5, 5.41) is 1.33. The smallest absolute Gasteiger partial charge is 0.338 e. The highest BCUT2D eigenvalue weighted by molar-refractivity contribution is 6.31. The van der Waals surface area contributed by atoms with Gasteiger partial charge in [-0.1, -0.05) is 46.4 Å². The minimum atomic E-state index is -1.21. The monoisotopic (exact) mass is 582 g/mol. The molecule has 0 bridgehead atoms. The summed E-state index contributed by atoms with van der Waals surface area (Å²) >= 11 is 24.0. The fourth-order valence-electron chi connectivity index (χ4n) is 3.46. The minimum Gasteiger partial charge on any atom is -0.459 e. The van der Waals surface area contributed by atoms with Crippen LogP contribution in [-0.4, -0.2) is 48.4 Å². The van der Waals surface area contributed by atoms with E-state index in [1.165, 1.54) is 60.7 Å². The van der Waals surface area contributed by atoms with Gasteiger partial charge in [0.05, 0.1) is 16.7 Å². The van der Waals surface area contributed by atoms with Crippen LogP contribution in [0.3, 0.4) is 0 Å². The lowest BCUT2D eigenvalue weighted by Gasteiger charge is -2.23. The molecule has 3 aromatic carbocycles. The highest BCUT2D eigenvalue weighted by Crippen LogP contribution is 2.31. The van der Waals surface area contributed by atoms with Crippen LogP contribution in [0.25, 0.3) is 0 Å². The van der Waals surface area contributed by atoms with E-state index in [4.69, 9.17) is 65.4 Å². The van der Waals surface area contributed by atoms with Crippen molar-refractivity contribution in [3.8, 4) is 0 Å². The second-order valence-corrected chi connectivity index (χ2v) is 9.62. The van der Waals surface area contributed by atoms with Gasteiger partial charge in [0.25, 0.3) is 0 Å². The molecule has 0 amide bonds. The zero-order valence-electron chi connectivity index (χ0n) is 18.8. The van der Waals surface area contributed by atoms with E-state index in [0.29, 0.717) is 15.1 Å². The van der Waals surface area contributed by atoms with Gasteiger partial charge in [-0.05, 0) is 72.8 Å². The molecular weight excluding hydrogens is 566 g/mol. The van der Waals surface area contributed by atoms with E-state index >= 15 is 0 Å². The number of carbonyl (C=O) groups is 3. The molecule has 11 heteroatoms. The largest absolute Gasteiger partial charge is 0.459 e. The molecule has 4 atom stereocenters. The molecule has 1 fully saturated rings. The SMILES string of the molecule is O=C(OC[C@H]1O[C@H](Cl)[C@H](OC(=O)c2ccc(Cl)cc2)[C@@H]1OC(=O)c1ccc(Cl)cc1)c1ccc(Cl)cc1. The third-order valence-corrected chi connectivity index (χ3v) is 6.47. The molecule has 0 radical (unpaired) electrons. The lowest BCUT2D eigenvalue weighted by molar-refractivity contribution is -0.0435. The molecule has 37 heavy (non-hydrogen) atoms. The average Bonchev–Trinajstić information content (AvgIpc) is 3.17. The number of ether oxygens (including phenoxy) is 4. The van der Waals surface area contributed by atoms with Crippen molar-refractivity contribution in [2.24, 2.45) is 0 Å². The molecule has 7 nitrogen and oxygen atoms in total. The third-order valence-electron chi connectivity index (χ3n) is 5.36. The van der Waals surface area contributed by atoms with Crippen LogP contribution in [0.4, 0.5) is 0 Å². The molecule has 0 unspecified atom stereocenters. The van der Waals surface area contributed by atoms with Crippen molar-refractivity contribution in [1.82, 2.24) is 0 Å². The highest BCUT2D eigenvalue weighted by Gasteiger charge is 2.49. The van der Waals surface area contributed by atoms with Crippen LogP contribution in [0.15, 0.2) is 72.8 Å². The summed E-state index contributed by atoms with van der Waals surface area (Å²) in [7, 11) is 0. The summed E-state index contributed by atoms with van der Waals surface area (Å²) in [6.45, 7) is -0.335. The van der Waals surface area contributed by atoms with E-state index < -0.39 is 41.8 Å². The van der Waals surface area contributed by atoms with Crippen molar-refractivity contribution < 1.29 is 33.3 Å². The first kappa shape index (κ1) is 27.2. The fraction of sp³-hybridized carbons (Fsp3) is 0.192. The van der Waals surface area contributed by atoms with Crippen LogP contribution in [0.5, 0.6) is 0 Å². The van der Waals surface area contributed by atoms with Crippen LogP contribution in [0, 0.1) is 0 Å². The maximum atomic E-state index is 12.9. The lowest BCUT2D eigenvalue weighted by Crippen LogP contribution is -2.41. The van der Waals surface area contributed by atoms with Gasteiger partial charge in [0.15, 0.2) is 17.8 Å². The van der Waals surface area contributed by atoms with Gasteiger partial charge in [-0.3, -0.25) is 0 Å². The van der Waals surface area contributed by atoms with Crippen LogP contribution in [0.2, 0.25) is 15.1 Å². The van der Waals surface area contributed by atoms with Crippen molar-refractivity contribution in [3.05, 3.63) is 105 Å². The molecule has 4 rings (SSSR count). The van der Waals surface area contributed by atoms with E-state index in [1.54, 1.807) is 12.1 Å². The summed E-state index contributed by atoms with van der Waals surface area (Å²) in [5.74, 6) is -2.13. The molecule has 1 aliphatic heterocycles. The van der Waals surface area contributed by atoms with Gasteiger partial charge in [-0.15, -0.1) is 0 Å². The average molecular weight is 584 g/mol. The van der Waals surface area contributed by atoms with Crippen molar-refractivity contribution in [1.29, 1.82) is 0 Å². The Bertz CT molecular complexity index is 1260. The molecule has 1 saturated heterocycles. The predicted molar refractivity (Wildman–Crippen MR) is 138 cm³/mol. The van der Waals surface area contributed by atoms with E-state index in [0.717, 1.165) is 0 Å². The quantitative estimate of drug-likeness (QED) is 0.185. The molecule has 0 spiro atoms. The predicted octanol–water partition coefficient (Wildman–Crippen LogP) is 6.22. The summed E-state index contributed by atoms with van der Waals surface area (Å²) in [6.07, 6.45) is -3.43. The normalized spacial score (nSPS) is 20.8. The summed E-state index contributed by atoms with van der Waals surface area (Å²) < 4.78 is 22.2. The molecule has 1 heterocycles. The van der Waals surface area contributed by atoms with Gasteiger partial charge < -0.3 is 18.9 Å². The van der Waals surface area contributed by atoms with Gasteiger partial charge in [-0.2, -0.15) is 0 Å². The van der Waals surface area contributed by atoms with Gasteiger partial charge in [0, 0.05) is 15.1 Å². The van der Waals surface area contributed by atoms with E-state index in [-0.39, 0.29) is 23.3 Å². The van der Waals surface area contributed by atoms with Crippen molar-refractivity contribution in [2.75, 3.05) is 6.61 Å². The number of rotatable bonds is 7. The number of benzene rings is 3. The zero-order valence-corrected chi connectivity index (χ0v) is 21.8. The zero-order chi connectivity index (χ0) is 26.5. The molecule has 192 valence electrons. The summed E-state index contributed by atoms with van der Waals surface area (Å²) in [4.78, 5) is 38.1. The Morgan fingerprint density at radius 3 is 1.43 bits per heavy atom. The Hall–Kier alpha value is -2.81. The molecule has 3 aromatic rings. The number of carbonyl (C=O) groups excluding carboxylic acids is 3. The van der Waals surface area contributed by atoms with Gasteiger partial charge in [-0.25, -0.2) is 14.4 Å². The second-order valence-electron chi connectivity index (χ2n) is 7.88. The van der Waals surface area contributed by atoms with E-state index in [9.17, 15) is 14.4 Å². The summed E-state index contributed by atoms with van der Waals surface area (Å²) in [5.41, 5.74) is -0.542. The Labute approximate surface area is 232 Å². The minimum absolute atomic E-state index is 0.196. The van der Waals surface area contributed by atoms with Gasteiger partial charge >= 0.3 is 17.9 Å². The highest BCUT2D eigenvalue weighted by atomic mass is 35.5. The van der Waals surface area contributed by atoms with E-state index in [1.807, 2.05) is 0 Å². The Morgan fingerprint density at radius 2 is 1.00 bits per heavy atom. The molecule has 0 N–H and O–H groups in total. The topological polar surface area (TPSA) is 88.1 Å². The Balaban J connectivity index is 1.52. The van der Waals surface area contributed by atoms with Crippen molar-refractivity contribution in [2.45, 2.75) is 23.9 Å². The second kappa shape index (κ2) is 12.2. The van der Waals surface area contributed by atoms with Crippen LogP contribution in [-0.2, 0) is 18.9 Å². The molecule has 0 aliphatic carbocycles. The summed E-state index contributed by atoms with van der Waals surface area (Å²) in [6, 6.07) is 18.1. The molecule has 0 saturated carbocycles. The van der Waals surface area contributed by atoms with Gasteiger partial charge in [0.1, 0.15) is 12.7 Å². The first-order valence-electron chi connectivity index (χ1n) is 10.9. The maximum Gasteiger partial charge on any atom is 0.338 e. The molecular formula is C26H18Cl4O7.